The zero-order chi connectivity index (χ0) is 12.9. The van der Waals surface area contributed by atoms with Gasteiger partial charge in [0.1, 0.15) is 0 Å². The van der Waals surface area contributed by atoms with Gasteiger partial charge in [-0.2, -0.15) is 13.2 Å². The van der Waals surface area contributed by atoms with Gasteiger partial charge >= 0.3 is 6.18 Å². The molecule has 0 heterocycles. The first-order valence-electron chi connectivity index (χ1n) is 5.47. The van der Waals surface area contributed by atoms with E-state index in [-0.39, 0.29) is 18.8 Å². The van der Waals surface area contributed by atoms with E-state index < -0.39 is 18.6 Å². The minimum absolute atomic E-state index is 0. The molecule has 2 N–H and O–H groups in total. The van der Waals surface area contributed by atoms with Gasteiger partial charge in [-0.25, -0.2) is 0 Å². The molecule has 0 amide bonds. The normalized spacial score (nSPS) is 12.9. The van der Waals surface area contributed by atoms with Crippen LogP contribution in [0.5, 0.6) is 0 Å². The zero-order valence-electron chi connectivity index (χ0n) is 10.0. The van der Waals surface area contributed by atoms with Crippen LogP contribution < -0.4 is 5.73 Å². The summed E-state index contributed by atoms with van der Waals surface area (Å²) >= 11 is 1.69. The molecule has 1 nitrogen and oxygen atoms in total. The van der Waals surface area contributed by atoms with Crippen molar-refractivity contribution in [2.75, 3.05) is 5.75 Å². The van der Waals surface area contributed by atoms with Gasteiger partial charge in [0.15, 0.2) is 0 Å². The van der Waals surface area contributed by atoms with Gasteiger partial charge in [-0.05, 0) is 29.9 Å². The molecule has 0 spiro atoms. The minimum atomic E-state index is -4.13. The highest BCUT2D eigenvalue weighted by molar-refractivity contribution is 7.99. The number of rotatable bonds is 5. The molecular weight excluding hydrogens is 283 g/mol. The number of hydrogen-bond acceptors (Lipinski definition) is 2. The Morgan fingerprint density at radius 3 is 2.22 bits per heavy atom. The molecule has 1 rings (SSSR count). The molecule has 0 unspecified atom stereocenters. The summed E-state index contributed by atoms with van der Waals surface area (Å²) in [4.78, 5) is 1.11. The van der Waals surface area contributed by atoms with E-state index in [2.05, 4.69) is 0 Å². The molecule has 0 saturated heterocycles. The number of benzene rings is 1. The van der Waals surface area contributed by atoms with Gasteiger partial charge in [0.05, 0.1) is 0 Å². The second-order valence-corrected chi connectivity index (χ2v) is 5.10. The summed E-state index contributed by atoms with van der Waals surface area (Å²) in [7, 11) is 0. The maximum absolute atomic E-state index is 12.0. The van der Waals surface area contributed by atoms with Crippen molar-refractivity contribution in [2.45, 2.75) is 36.9 Å². The van der Waals surface area contributed by atoms with Crippen LogP contribution in [0.25, 0.3) is 0 Å². The quantitative estimate of drug-likeness (QED) is 0.806. The molecule has 0 radical (unpaired) electrons. The number of halogens is 4. The van der Waals surface area contributed by atoms with E-state index in [1.165, 1.54) is 0 Å². The molecular formula is C12H17ClF3NS. The molecule has 0 fully saturated rings. The van der Waals surface area contributed by atoms with Crippen LogP contribution in [0.3, 0.4) is 0 Å². The van der Waals surface area contributed by atoms with E-state index in [0.717, 1.165) is 16.2 Å². The fourth-order valence-electron chi connectivity index (χ4n) is 1.46. The van der Waals surface area contributed by atoms with Crippen LogP contribution in [-0.4, -0.2) is 11.9 Å². The van der Waals surface area contributed by atoms with Crippen molar-refractivity contribution < 1.29 is 13.2 Å². The van der Waals surface area contributed by atoms with Crippen LogP contribution in [0, 0.1) is 0 Å². The number of alkyl halides is 3. The van der Waals surface area contributed by atoms with Gasteiger partial charge in [0, 0.05) is 17.4 Å². The summed E-state index contributed by atoms with van der Waals surface area (Å²) in [5, 5.41) is 0. The van der Waals surface area contributed by atoms with Crippen molar-refractivity contribution in [3.63, 3.8) is 0 Å². The molecule has 0 aliphatic heterocycles. The average molecular weight is 300 g/mol. The Balaban J connectivity index is 0.00000289. The molecule has 6 heteroatoms. The molecule has 0 aliphatic carbocycles. The Labute approximate surface area is 116 Å². The van der Waals surface area contributed by atoms with Crippen molar-refractivity contribution in [1.82, 2.24) is 0 Å². The van der Waals surface area contributed by atoms with Crippen LogP contribution in [0.15, 0.2) is 29.2 Å². The average Bonchev–Trinajstić information content (AvgIpc) is 2.26. The lowest BCUT2D eigenvalue weighted by molar-refractivity contribution is -0.136. The van der Waals surface area contributed by atoms with Crippen molar-refractivity contribution >= 4 is 24.2 Å². The molecule has 0 bridgehead atoms. The van der Waals surface area contributed by atoms with E-state index >= 15 is 0 Å². The standard InChI is InChI=1S/C12H16F3NS.ClH/c1-2-17-10-5-3-9(4-6-10)11(16)7-8-12(13,14)15;/h3-6,11H,2,7-8,16H2,1H3;1H/t11-;/m0./s1. The topological polar surface area (TPSA) is 26.0 Å². The second-order valence-electron chi connectivity index (χ2n) is 3.76. The Kier molecular flexibility index (Phi) is 7.75. The molecule has 104 valence electrons. The van der Waals surface area contributed by atoms with Gasteiger partial charge in [-0.15, -0.1) is 24.2 Å². The molecule has 0 saturated carbocycles. The molecule has 1 aromatic carbocycles. The van der Waals surface area contributed by atoms with Crippen LogP contribution in [0.4, 0.5) is 13.2 Å². The third kappa shape index (κ3) is 6.52. The summed E-state index contributed by atoms with van der Waals surface area (Å²) in [6.45, 7) is 2.05. The first-order valence-corrected chi connectivity index (χ1v) is 6.46. The van der Waals surface area contributed by atoms with Crippen molar-refractivity contribution in [1.29, 1.82) is 0 Å². The SMILES string of the molecule is CCSc1ccc([C@@H](N)CCC(F)(F)F)cc1.Cl. The smallest absolute Gasteiger partial charge is 0.324 e. The maximum atomic E-state index is 12.0. The van der Waals surface area contributed by atoms with Gasteiger partial charge in [0.2, 0.25) is 0 Å². The van der Waals surface area contributed by atoms with E-state index in [9.17, 15) is 13.2 Å². The van der Waals surface area contributed by atoms with Crippen molar-refractivity contribution in [3.8, 4) is 0 Å². The summed E-state index contributed by atoms with van der Waals surface area (Å²) in [6.07, 6.45) is -5.03. The highest BCUT2D eigenvalue weighted by atomic mass is 35.5. The minimum Gasteiger partial charge on any atom is -0.324 e. The molecule has 0 aliphatic rings. The summed E-state index contributed by atoms with van der Waals surface area (Å²) < 4.78 is 36.1. The summed E-state index contributed by atoms with van der Waals surface area (Å²) in [6, 6.07) is 6.86. The highest BCUT2D eigenvalue weighted by Gasteiger charge is 2.27. The van der Waals surface area contributed by atoms with E-state index in [1.54, 1.807) is 23.9 Å². The maximum Gasteiger partial charge on any atom is 0.389 e. The molecule has 1 aromatic rings. The second kappa shape index (κ2) is 7.92. The van der Waals surface area contributed by atoms with Gasteiger partial charge in [-0.1, -0.05) is 19.1 Å². The Morgan fingerprint density at radius 2 is 1.78 bits per heavy atom. The molecule has 18 heavy (non-hydrogen) atoms. The Morgan fingerprint density at radius 1 is 1.22 bits per heavy atom. The van der Waals surface area contributed by atoms with Crippen LogP contribution >= 0.6 is 24.2 Å². The Bertz CT molecular complexity index is 340. The first-order chi connectivity index (χ1) is 7.92. The summed E-state index contributed by atoms with van der Waals surface area (Å²) in [5.74, 6) is 0.972. The van der Waals surface area contributed by atoms with E-state index in [1.807, 2.05) is 19.1 Å². The fourth-order valence-corrected chi connectivity index (χ4v) is 2.13. The van der Waals surface area contributed by atoms with E-state index in [0.29, 0.717) is 0 Å². The predicted octanol–water partition coefficient (Wildman–Crippen LogP) is 4.56. The predicted molar refractivity (Wildman–Crippen MR) is 72.3 cm³/mol. The Hall–Kier alpha value is -0.390. The van der Waals surface area contributed by atoms with Gasteiger partial charge in [0.25, 0.3) is 0 Å². The third-order valence-electron chi connectivity index (χ3n) is 2.36. The zero-order valence-corrected chi connectivity index (χ0v) is 11.7. The third-order valence-corrected chi connectivity index (χ3v) is 3.25. The molecule has 0 aromatic heterocycles. The number of nitrogens with two attached hydrogens (primary N) is 1. The van der Waals surface area contributed by atoms with Crippen LogP contribution in [0.2, 0.25) is 0 Å². The van der Waals surface area contributed by atoms with Crippen LogP contribution in [-0.2, 0) is 0 Å². The van der Waals surface area contributed by atoms with Crippen LogP contribution in [0.1, 0.15) is 31.4 Å². The van der Waals surface area contributed by atoms with Gasteiger partial charge in [-0.3, -0.25) is 0 Å². The lowest BCUT2D eigenvalue weighted by Gasteiger charge is -2.13. The largest absolute Gasteiger partial charge is 0.389 e. The molecule has 1 atom stereocenters. The first kappa shape index (κ1) is 17.6. The summed E-state index contributed by atoms with van der Waals surface area (Å²) in [5.41, 5.74) is 6.48. The number of hydrogen-bond donors (Lipinski definition) is 1. The van der Waals surface area contributed by atoms with Crippen molar-refractivity contribution in [3.05, 3.63) is 29.8 Å². The monoisotopic (exact) mass is 299 g/mol. The van der Waals surface area contributed by atoms with E-state index in [4.69, 9.17) is 5.73 Å². The number of thioether (sulfide) groups is 1. The van der Waals surface area contributed by atoms with Crippen molar-refractivity contribution in [2.24, 2.45) is 5.73 Å². The van der Waals surface area contributed by atoms with Gasteiger partial charge < -0.3 is 5.73 Å². The fraction of sp³-hybridized carbons (Fsp3) is 0.500. The lowest BCUT2D eigenvalue weighted by atomic mass is 10.0. The lowest BCUT2D eigenvalue weighted by Crippen LogP contribution is -2.15. The highest BCUT2D eigenvalue weighted by Crippen LogP contribution is 2.27.